The number of urea groups is 1. The molecule has 2 aromatic carbocycles. The number of fused-ring (bicyclic) bond motifs is 1. The van der Waals surface area contributed by atoms with Gasteiger partial charge in [-0.2, -0.15) is 5.10 Å². The fraction of sp³-hybridized carbons (Fsp3) is 0.528. The Morgan fingerprint density at radius 1 is 0.957 bits per heavy atom. The summed E-state index contributed by atoms with van der Waals surface area (Å²) in [6, 6.07) is 14.0. The van der Waals surface area contributed by atoms with Crippen LogP contribution in [0.4, 0.5) is 26.7 Å². The summed E-state index contributed by atoms with van der Waals surface area (Å²) in [7, 11) is 0. The average Bonchev–Trinajstić information content (AvgIpc) is 3.09. The molecule has 0 atom stereocenters. The fourth-order valence-electron chi connectivity index (χ4n) is 5.66. The molecule has 0 bridgehead atoms. The number of nitrogens with one attached hydrogen (secondary N) is 1. The van der Waals surface area contributed by atoms with E-state index in [2.05, 4.69) is 5.32 Å². The summed E-state index contributed by atoms with van der Waals surface area (Å²) in [5.74, 6) is -0.412. The van der Waals surface area contributed by atoms with Crippen LogP contribution in [-0.4, -0.2) is 59.8 Å². The van der Waals surface area contributed by atoms with Crippen LogP contribution in [-0.2, 0) is 14.3 Å². The van der Waals surface area contributed by atoms with Crippen molar-refractivity contribution in [3.8, 4) is 0 Å². The smallest absolute Gasteiger partial charge is 0.414 e. The second kappa shape index (κ2) is 14.5. The number of hydrazone groups is 1. The summed E-state index contributed by atoms with van der Waals surface area (Å²) in [6.45, 7) is 12.9. The van der Waals surface area contributed by atoms with Gasteiger partial charge in [0, 0.05) is 34.8 Å². The van der Waals surface area contributed by atoms with Gasteiger partial charge in [0.2, 0.25) is 5.91 Å². The molecule has 0 aromatic heterocycles. The number of ketones is 1. The van der Waals surface area contributed by atoms with E-state index in [1.54, 1.807) is 29.2 Å². The monoisotopic (exact) mass is 631 g/mol. The lowest BCUT2D eigenvalue weighted by atomic mass is 9.83. The van der Waals surface area contributed by atoms with Gasteiger partial charge in [-0.3, -0.25) is 19.4 Å². The van der Waals surface area contributed by atoms with Crippen molar-refractivity contribution < 1.29 is 23.9 Å². The van der Waals surface area contributed by atoms with Crippen molar-refractivity contribution in [3.05, 3.63) is 54.1 Å². The number of Topliss-reactive ketones (excluding diaryl/α,β-unsaturated/α-hetero) is 1. The summed E-state index contributed by atoms with van der Waals surface area (Å²) in [5.41, 5.74) is 1.95. The number of carbonyl (C=O) groups excluding carboxylic acids is 4. The number of hydrogen-bond acceptors (Lipinski definition) is 6. The minimum absolute atomic E-state index is 0.0976. The molecule has 0 radical (unpaired) electrons. The van der Waals surface area contributed by atoms with Crippen LogP contribution in [0.3, 0.4) is 0 Å². The highest BCUT2D eigenvalue weighted by molar-refractivity contribution is 6.13. The van der Waals surface area contributed by atoms with E-state index in [1.807, 2.05) is 72.7 Å². The molecule has 0 spiro atoms. The summed E-state index contributed by atoms with van der Waals surface area (Å²) in [6.07, 6.45) is 5.43. The number of rotatable bonds is 9. The third kappa shape index (κ3) is 8.73. The average molecular weight is 632 g/mol. The SMILES string of the molecule is CCCN(C(=O)OC(C)(C)C)c1cccc(NC(=O)CN2N=C(C3CCCCC3)c3ccccc3N(CC(=O)C(C)(C)C)C2=O)c1. The van der Waals surface area contributed by atoms with E-state index in [0.717, 1.165) is 43.4 Å². The standard InChI is InChI=1S/C36H49N5O5/c1-8-21-39(34(45)46-36(5,6)7)27-18-14-17-26(22-27)37-31(43)24-41-33(44)40(23-30(42)35(2,3)4)29-20-13-12-19-28(29)32(38-41)25-15-10-9-11-16-25/h12-14,17-20,22,25H,8-11,15-16,21,23-24H2,1-7H3,(H,37,43). The molecule has 10 heteroatoms. The van der Waals surface area contributed by atoms with Crippen LogP contribution in [0.5, 0.6) is 0 Å². The van der Waals surface area contributed by atoms with Crippen molar-refractivity contribution in [1.29, 1.82) is 0 Å². The number of para-hydroxylation sites is 1. The molecule has 4 rings (SSSR count). The van der Waals surface area contributed by atoms with Gasteiger partial charge in [-0.15, -0.1) is 0 Å². The Bertz CT molecular complexity index is 1470. The van der Waals surface area contributed by atoms with Crippen LogP contribution in [0.15, 0.2) is 53.6 Å². The van der Waals surface area contributed by atoms with Gasteiger partial charge in [-0.25, -0.2) is 14.6 Å². The third-order valence-corrected chi connectivity index (χ3v) is 8.08. The molecule has 1 heterocycles. The van der Waals surface area contributed by atoms with Gasteiger partial charge in [0.15, 0.2) is 5.78 Å². The zero-order chi connectivity index (χ0) is 33.6. The van der Waals surface area contributed by atoms with E-state index in [1.165, 1.54) is 9.91 Å². The molecule has 2 aliphatic rings. The molecule has 10 nitrogen and oxygen atoms in total. The minimum Gasteiger partial charge on any atom is -0.443 e. The van der Waals surface area contributed by atoms with Gasteiger partial charge in [0.1, 0.15) is 12.1 Å². The lowest BCUT2D eigenvalue weighted by Crippen LogP contribution is -2.47. The normalized spacial score (nSPS) is 15.9. The second-order valence-corrected chi connectivity index (χ2v) is 14.2. The van der Waals surface area contributed by atoms with Gasteiger partial charge in [-0.1, -0.05) is 71.2 Å². The maximum atomic E-state index is 14.1. The zero-order valence-corrected chi connectivity index (χ0v) is 28.4. The molecule has 248 valence electrons. The van der Waals surface area contributed by atoms with Gasteiger partial charge in [0.25, 0.3) is 0 Å². The molecule has 0 saturated heterocycles. The summed E-state index contributed by atoms with van der Waals surface area (Å²) in [4.78, 5) is 56.9. The molecule has 46 heavy (non-hydrogen) atoms. The number of nitrogens with zero attached hydrogens (tertiary/aromatic N) is 4. The highest BCUT2D eigenvalue weighted by atomic mass is 16.6. The number of hydrogen-bond donors (Lipinski definition) is 1. The number of anilines is 3. The molecule has 1 saturated carbocycles. The molecule has 1 aliphatic carbocycles. The molecule has 1 N–H and O–H groups in total. The highest BCUT2D eigenvalue weighted by Crippen LogP contribution is 2.34. The van der Waals surface area contributed by atoms with Crippen molar-refractivity contribution in [2.75, 3.05) is 34.8 Å². The van der Waals surface area contributed by atoms with Gasteiger partial charge in [-0.05, 0) is 64.3 Å². The Kier molecular flexibility index (Phi) is 10.9. The Morgan fingerprint density at radius 3 is 2.30 bits per heavy atom. The first-order valence-corrected chi connectivity index (χ1v) is 16.4. The maximum Gasteiger partial charge on any atom is 0.414 e. The molecular formula is C36H49N5O5. The number of ether oxygens (including phenoxy) is 1. The molecule has 2 aromatic rings. The first kappa shape index (κ1) is 34.7. The minimum atomic E-state index is -0.660. The quantitative estimate of drug-likeness (QED) is 0.306. The summed E-state index contributed by atoms with van der Waals surface area (Å²) in [5, 5.41) is 8.95. The number of benzene rings is 2. The Morgan fingerprint density at radius 2 is 1.65 bits per heavy atom. The van der Waals surface area contributed by atoms with Gasteiger partial charge < -0.3 is 10.1 Å². The van der Waals surface area contributed by atoms with E-state index in [4.69, 9.17) is 9.84 Å². The van der Waals surface area contributed by atoms with E-state index in [0.29, 0.717) is 30.0 Å². The van der Waals surface area contributed by atoms with Crippen LogP contribution in [0.2, 0.25) is 0 Å². The number of amides is 4. The third-order valence-electron chi connectivity index (χ3n) is 8.08. The molecule has 4 amide bonds. The molecular weight excluding hydrogens is 582 g/mol. The van der Waals surface area contributed by atoms with Crippen LogP contribution in [0.25, 0.3) is 0 Å². The molecule has 1 fully saturated rings. The maximum absolute atomic E-state index is 14.1. The summed E-state index contributed by atoms with van der Waals surface area (Å²) >= 11 is 0. The van der Waals surface area contributed by atoms with Crippen molar-refractivity contribution >= 4 is 46.6 Å². The Hall–Kier alpha value is -4.21. The van der Waals surface area contributed by atoms with Crippen LogP contribution < -0.4 is 15.1 Å². The highest BCUT2D eigenvalue weighted by Gasteiger charge is 2.36. The van der Waals surface area contributed by atoms with Crippen molar-refractivity contribution in [2.24, 2.45) is 16.4 Å². The first-order chi connectivity index (χ1) is 21.7. The number of carbonyl (C=O) groups is 4. The fourth-order valence-corrected chi connectivity index (χ4v) is 5.66. The van der Waals surface area contributed by atoms with Crippen molar-refractivity contribution in [2.45, 2.75) is 92.6 Å². The predicted octanol–water partition coefficient (Wildman–Crippen LogP) is 7.62. The van der Waals surface area contributed by atoms with E-state index < -0.39 is 29.0 Å². The topological polar surface area (TPSA) is 112 Å². The Balaban J connectivity index is 1.63. The van der Waals surface area contributed by atoms with Gasteiger partial charge in [0.05, 0.1) is 17.9 Å². The van der Waals surface area contributed by atoms with Crippen LogP contribution >= 0.6 is 0 Å². The largest absolute Gasteiger partial charge is 0.443 e. The summed E-state index contributed by atoms with van der Waals surface area (Å²) < 4.78 is 5.61. The van der Waals surface area contributed by atoms with Crippen LogP contribution in [0.1, 0.15) is 92.6 Å². The van der Waals surface area contributed by atoms with Crippen molar-refractivity contribution in [3.63, 3.8) is 0 Å². The molecule has 0 unspecified atom stereocenters. The predicted molar refractivity (Wildman–Crippen MR) is 182 cm³/mol. The van der Waals surface area contributed by atoms with Crippen molar-refractivity contribution in [1.82, 2.24) is 5.01 Å². The zero-order valence-electron chi connectivity index (χ0n) is 28.4. The second-order valence-electron chi connectivity index (χ2n) is 14.2. The lowest BCUT2D eigenvalue weighted by molar-refractivity contribution is -0.124. The van der Waals surface area contributed by atoms with E-state index in [-0.39, 0.29) is 24.8 Å². The van der Waals surface area contributed by atoms with Gasteiger partial charge >= 0.3 is 12.1 Å². The first-order valence-electron chi connectivity index (χ1n) is 16.4. The lowest BCUT2D eigenvalue weighted by Gasteiger charge is -2.28. The molecule has 1 aliphatic heterocycles. The Labute approximate surface area is 273 Å². The van der Waals surface area contributed by atoms with E-state index in [9.17, 15) is 19.2 Å². The van der Waals surface area contributed by atoms with Crippen LogP contribution in [0, 0.1) is 11.3 Å². The van der Waals surface area contributed by atoms with E-state index >= 15 is 0 Å².